The lowest BCUT2D eigenvalue weighted by molar-refractivity contribution is -0.132. The highest BCUT2D eigenvalue weighted by Gasteiger charge is 2.34. The van der Waals surface area contributed by atoms with Gasteiger partial charge in [0.1, 0.15) is 0 Å². The normalized spacial score (nSPS) is 23.4. The van der Waals surface area contributed by atoms with Gasteiger partial charge in [-0.25, -0.2) is 0 Å². The van der Waals surface area contributed by atoms with Crippen LogP contribution >= 0.6 is 12.4 Å². The molecule has 0 bridgehead atoms. The Kier molecular flexibility index (Phi) is 7.52. The first-order valence-electron chi connectivity index (χ1n) is 7.10. The van der Waals surface area contributed by atoms with Crippen molar-refractivity contribution in [2.45, 2.75) is 46.6 Å². The van der Waals surface area contributed by atoms with Gasteiger partial charge < -0.3 is 16.0 Å². The van der Waals surface area contributed by atoms with Gasteiger partial charge in [-0.1, -0.05) is 27.7 Å². The van der Waals surface area contributed by atoms with Crippen molar-refractivity contribution in [3.63, 3.8) is 0 Å². The van der Waals surface area contributed by atoms with Crippen LogP contribution in [0.25, 0.3) is 0 Å². The van der Waals surface area contributed by atoms with E-state index in [1.165, 1.54) is 0 Å². The fraction of sp³-hybridized carbons (Fsp3) is 0.857. The Morgan fingerprint density at radius 3 is 2.45 bits per heavy atom. The van der Waals surface area contributed by atoms with Crippen molar-refractivity contribution in [1.29, 1.82) is 0 Å². The summed E-state index contributed by atoms with van der Waals surface area (Å²) in [6.45, 7) is 9.76. The molecule has 0 aromatic heterocycles. The molecule has 20 heavy (non-hydrogen) atoms. The standard InChI is InChI=1S/C14H27N3O2.ClH/c1-5-14(4)6-7-17(9-14)11(18)8-16-13(19)12(15)10(2)3;/h10,12H,5-9,15H2,1-4H3,(H,16,19);1H/t12-,14?;/m0./s1. The maximum absolute atomic E-state index is 12.0. The monoisotopic (exact) mass is 305 g/mol. The molecule has 1 aliphatic heterocycles. The number of hydrogen-bond acceptors (Lipinski definition) is 3. The van der Waals surface area contributed by atoms with E-state index in [0.29, 0.717) is 0 Å². The Labute approximate surface area is 128 Å². The molecule has 1 heterocycles. The quantitative estimate of drug-likeness (QED) is 0.800. The van der Waals surface area contributed by atoms with Crippen LogP contribution in [0.4, 0.5) is 0 Å². The van der Waals surface area contributed by atoms with Crippen molar-refractivity contribution < 1.29 is 9.59 Å². The summed E-state index contributed by atoms with van der Waals surface area (Å²) < 4.78 is 0. The van der Waals surface area contributed by atoms with E-state index in [4.69, 9.17) is 5.73 Å². The Hall–Kier alpha value is -0.810. The first kappa shape index (κ1) is 19.2. The second-order valence-electron chi connectivity index (χ2n) is 6.22. The third kappa shape index (κ3) is 4.94. The molecule has 1 aliphatic rings. The zero-order valence-electron chi connectivity index (χ0n) is 12.9. The molecule has 2 atom stereocenters. The van der Waals surface area contributed by atoms with Crippen LogP contribution in [0.15, 0.2) is 0 Å². The molecule has 0 aromatic carbocycles. The van der Waals surface area contributed by atoms with Gasteiger partial charge in [0.05, 0.1) is 12.6 Å². The molecule has 3 N–H and O–H groups in total. The van der Waals surface area contributed by atoms with Gasteiger partial charge in [-0.15, -0.1) is 12.4 Å². The third-order valence-corrected chi connectivity index (χ3v) is 4.20. The SMILES string of the molecule is CCC1(C)CCN(C(=O)CNC(=O)[C@@H](N)C(C)C)C1.Cl. The van der Waals surface area contributed by atoms with E-state index in [9.17, 15) is 9.59 Å². The van der Waals surface area contributed by atoms with Crippen LogP contribution in [0, 0.1) is 11.3 Å². The number of likely N-dealkylation sites (tertiary alicyclic amines) is 1. The molecule has 1 saturated heterocycles. The lowest BCUT2D eigenvalue weighted by atomic mass is 9.87. The maximum atomic E-state index is 12.0. The molecule has 0 spiro atoms. The Balaban J connectivity index is 0.00000361. The van der Waals surface area contributed by atoms with Crippen LogP contribution in [0.5, 0.6) is 0 Å². The van der Waals surface area contributed by atoms with Crippen molar-refractivity contribution in [2.75, 3.05) is 19.6 Å². The summed E-state index contributed by atoms with van der Waals surface area (Å²) in [5.41, 5.74) is 5.96. The number of nitrogens with one attached hydrogen (secondary N) is 1. The number of carbonyl (C=O) groups excluding carboxylic acids is 2. The van der Waals surface area contributed by atoms with Gasteiger partial charge in [-0.2, -0.15) is 0 Å². The largest absolute Gasteiger partial charge is 0.346 e. The van der Waals surface area contributed by atoms with E-state index in [1.54, 1.807) is 0 Å². The highest BCUT2D eigenvalue weighted by atomic mass is 35.5. The third-order valence-electron chi connectivity index (χ3n) is 4.20. The minimum absolute atomic E-state index is 0. The number of nitrogens with zero attached hydrogens (tertiary/aromatic N) is 1. The fourth-order valence-electron chi connectivity index (χ4n) is 2.22. The predicted octanol–water partition coefficient (Wildman–Crippen LogP) is 1.16. The summed E-state index contributed by atoms with van der Waals surface area (Å²) >= 11 is 0. The second kappa shape index (κ2) is 7.84. The van der Waals surface area contributed by atoms with Crippen molar-refractivity contribution in [1.82, 2.24) is 10.2 Å². The molecular weight excluding hydrogens is 278 g/mol. The topological polar surface area (TPSA) is 75.4 Å². The number of amides is 2. The van der Waals surface area contributed by atoms with E-state index in [2.05, 4.69) is 19.2 Å². The molecule has 6 heteroatoms. The zero-order valence-corrected chi connectivity index (χ0v) is 13.8. The molecule has 0 aromatic rings. The molecule has 0 saturated carbocycles. The molecule has 1 rings (SSSR count). The Bertz CT molecular complexity index is 349. The number of halogens is 1. The first-order chi connectivity index (χ1) is 8.79. The van der Waals surface area contributed by atoms with Gasteiger partial charge in [0, 0.05) is 13.1 Å². The van der Waals surface area contributed by atoms with Crippen LogP contribution in [0.1, 0.15) is 40.5 Å². The van der Waals surface area contributed by atoms with E-state index >= 15 is 0 Å². The van der Waals surface area contributed by atoms with Crippen LogP contribution in [-0.2, 0) is 9.59 Å². The summed E-state index contributed by atoms with van der Waals surface area (Å²) in [7, 11) is 0. The van der Waals surface area contributed by atoms with Crippen LogP contribution < -0.4 is 11.1 Å². The van der Waals surface area contributed by atoms with Crippen molar-refractivity contribution >= 4 is 24.2 Å². The smallest absolute Gasteiger partial charge is 0.241 e. The van der Waals surface area contributed by atoms with Crippen LogP contribution in [0.3, 0.4) is 0 Å². The molecule has 1 fully saturated rings. The molecular formula is C14H28ClN3O2. The average molecular weight is 306 g/mol. The molecule has 0 radical (unpaired) electrons. The first-order valence-corrected chi connectivity index (χ1v) is 7.10. The molecule has 2 amide bonds. The van der Waals surface area contributed by atoms with Gasteiger partial charge in [0.25, 0.3) is 0 Å². The van der Waals surface area contributed by atoms with E-state index in [-0.39, 0.29) is 42.1 Å². The zero-order chi connectivity index (χ0) is 14.6. The van der Waals surface area contributed by atoms with Gasteiger partial charge in [0.2, 0.25) is 11.8 Å². The lowest BCUT2D eigenvalue weighted by Crippen LogP contribution is -2.47. The maximum Gasteiger partial charge on any atom is 0.241 e. The van der Waals surface area contributed by atoms with Gasteiger partial charge in [-0.05, 0) is 24.2 Å². The molecule has 118 valence electrons. The average Bonchev–Trinajstić information content (AvgIpc) is 2.78. The predicted molar refractivity (Wildman–Crippen MR) is 82.7 cm³/mol. The summed E-state index contributed by atoms with van der Waals surface area (Å²) in [6, 6.07) is -0.549. The van der Waals surface area contributed by atoms with Gasteiger partial charge in [0.15, 0.2) is 0 Å². The Morgan fingerprint density at radius 2 is 2.00 bits per heavy atom. The summed E-state index contributed by atoms with van der Waals surface area (Å²) in [4.78, 5) is 25.5. The highest BCUT2D eigenvalue weighted by molar-refractivity contribution is 5.87. The fourth-order valence-corrected chi connectivity index (χ4v) is 2.22. The second-order valence-corrected chi connectivity index (χ2v) is 6.22. The number of carbonyl (C=O) groups is 2. The number of hydrogen-bond donors (Lipinski definition) is 2. The molecule has 5 nitrogen and oxygen atoms in total. The number of nitrogens with two attached hydrogens (primary N) is 1. The van der Waals surface area contributed by atoms with E-state index in [0.717, 1.165) is 25.9 Å². The summed E-state index contributed by atoms with van der Waals surface area (Å²) in [6.07, 6.45) is 2.11. The minimum Gasteiger partial charge on any atom is -0.346 e. The molecule has 0 aliphatic carbocycles. The van der Waals surface area contributed by atoms with Crippen molar-refractivity contribution in [3.8, 4) is 0 Å². The summed E-state index contributed by atoms with van der Waals surface area (Å²) in [5.74, 6) is -0.187. The van der Waals surface area contributed by atoms with Gasteiger partial charge in [-0.3, -0.25) is 9.59 Å². The van der Waals surface area contributed by atoms with Crippen molar-refractivity contribution in [3.05, 3.63) is 0 Å². The van der Waals surface area contributed by atoms with Crippen LogP contribution in [0.2, 0.25) is 0 Å². The number of rotatable bonds is 5. The Morgan fingerprint density at radius 1 is 1.40 bits per heavy atom. The lowest BCUT2D eigenvalue weighted by Gasteiger charge is -2.23. The molecule has 1 unspecified atom stereocenters. The highest BCUT2D eigenvalue weighted by Crippen LogP contribution is 2.32. The van der Waals surface area contributed by atoms with Gasteiger partial charge >= 0.3 is 0 Å². The van der Waals surface area contributed by atoms with E-state index in [1.807, 2.05) is 18.7 Å². The minimum atomic E-state index is -0.549. The van der Waals surface area contributed by atoms with Crippen LogP contribution in [-0.4, -0.2) is 42.4 Å². The summed E-state index contributed by atoms with van der Waals surface area (Å²) in [5, 5.41) is 2.63. The van der Waals surface area contributed by atoms with Crippen molar-refractivity contribution in [2.24, 2.45) is 17.1 Å². The van der Waals surface area contributed by atoms with E-state index < -0.39 is 6.04 Å².